The molecule has 1 aliphatic heterocycles. The Morgan fingerprint density at radius 3 is 2.65 bits per heavy atom. The summed E-state index contributed by atoms with van der Waals surface area (Å²) in [5.74, 6) is -1.05. The van der Waals surface area contributed by atoms with Gasteiger partial charge in [0.15, 0.2) is 0 Å². The van der Waals surface area contributed by atoms with Crippen molar-refractivity contribution in [3.05, 3.63) is 18.7 Å². The first-order chi connectivity index (χ1) is 8.25. The highest BCUT2D eigenvalue weighted by molar-refractivity contribution is 6.45. The smallest absolute Gasteiger partial charge is 0.316 e. The topological polar surface area (TPSA) is 88.4 Å². The number of aromatic nitrogens is 2. The molecule has 90 valence electrons. The SMILES string of the molecule is O=C1NC(=NCCCCn2ccnc2)NC1=O. The standard InChI is InChI=1S/C10H13N5O2/c16-8-9(17)14-10(13-8)12-3-1-2-5-15-6-4-11-7-15/h4,6-7H,1-3,5H2,(H2,12,13,14,16,17). The Morgan fingerprint density at radius 1 is 1.24 bits per heavy atom. The van der Waals surface area contributed by atoms with Crippen LogP contribution >= 0.6 is 0 Å². The largest absolute Gasteiger partial charge is 0.337 e. The van der Waals surface area contributed by atoms with Crippen LogP contribution in [0.3, 0.4) is 0 Å². The highest BCUT2D eigenvalue weighted by Crippen LogP contribution is 1.96. The van der Waals surface area contributed by atoms with E-state index in [4.69, 9.17) is 0 Å². The number of aliphatic imine (C=N–C) groups is 1. The second kappa shape index (κ2) is 5.24. The van der Waals surface area contributed by atoms with Crippen LogP contribution < -0.4 is 10.6 Å². The number of hydrogen-bond acceptors (Lipinski definition) is 4. The monoisotopic (exact) mass is 235 g/mol. The second-order valence-corrected chi connectivity index (χ2v) is 3.65. The zero-order valence-corrected chi connectivity index (χ0v) is 9.22. The minimum Gasteiger partial charge on any atom is -0.337 e. The molecule has 2 amide bonds. The van der Waals surface area contributed by atoms with Crippen molar-refractivity contribution in [3.8, 4) is 0 Å². The minimum absolute atomic E-state index is 0.252. The maximum Gasteiger partial charge on any atom is 0.316 e. The van der Waals surface area contributed by atoms with E-state index in [0.29, 0.717) is 6.54 Å². The lowest BCUT2D eigenvalue weighted by Gasteiger charge is -2.00. The van der Waals surface area contributed by atoms with Gasteiger partial charge in [0, 0.05) is 25.5 Å². The lowest BCUT2D eigenvalue weighted by atomic mass is 10.3. The third kappa shape index (κ3) is 3.13. The van der Waals surface area contributed by atoms with Crippen LogP contribution in [0.2, 0.25) is 0 Å². The predicted octanol–water partition coefficient (Wildman–Crippen LogP) is -0.735. The molecule has 1 saturated heterocycles. The number of aryl methyl sites for hydroxylation is 1. The van der Waals surface area contributed by atoms with Gasteiger partial charge in [-0.2, -0.15) is 0 Å². The van der Waals surface area contributed by atoms with Crippen molar-refractivity contribution in [2.75, 3.05) is 6.54 Å². The Morgan fingerprint density at radius 2 is 2.00 bits per heavy atom. The molecule has 1 aromatic rings. The number of nitrogens with one attached hydrogen (secondary N) is 2. The number of amides is 2. The lowest BCUT2D eigenvalue weighted by molar-refractivity contribution is -0.135. The molecule has 0 aromatic carbocycles. The first-order valence-corrected chi connectivity index (χ1v) is 5.38. The highest BCUT2D eigenvalue weighted by atomic mass is 16.2. The maximum absolute atomic E-state index is 10.8. The molecule has 0 spiro atoms. The van der Waals surface area contributed by atoms with Crippen LogP contribution in [0.15, 0.2) is 23.7 Å². The van der Waals surface area contributed by atoms with E-state index in [-0.39, 0.29) is 5.96 Å². The minimum atomic E-state index is -0.651. The second-order valence-electron chi connectivity index (χ2n) is 3.65. The molecular weight excluding hydrogens is 222 g/mol. The van der Waals surface area contributed by atoms with Gasteiger partial charge in [0.2, 0.25) is 5.96 Å². The van der Waals surface area contributed by atoms with Crippen molar-refractivity contribution in [2.45, 2.75) is 19.4 Å². The third-order valence-corrected chi connectivity index (χ3v) is 2.32. The summed E-state index contributed by atoms with van der Waals surface area (Å²) >= 11 is 0. The van der Waals surface area contributed by atoms with E-state index in [1.54, 1.807) is 12.5 Å². The fourth-order valence-corrected chi connectivity index (χ4v) is 1.45. The molecule has 2 N–H and O–H groups in total. The van der Waals surface area contributed by atoms with Gasteiger partial charge in [-0.1, -0.05) is 0 Å². The van der Waals surface area contributed by atoms with Gasteiger partial charge in [-0.15, -0.1) is 0 Å². The summed E-state index contributed by atoms with van der Waals surface area (Å²) in [5.41, 5.74) is 0. The molecule has 2 rings (SSSR count). The van der Waals surface area contributed by atoms with Gasteiger partial charge in [-0.3, -0.25) is 25.2 Å². The summed E-state index contributed by atoms with van der Waals surface area (Å²) < 4.78 is 1.99. The van der Waals surface area contributed by atoms with Crippen molar-refractivity contribution in [2.24, 2.45) is 4.99 Å². The number of carbonyl (C=O) groups excluding carboxylic acids is 2. The Bertz CT molecular complexity index is 420. The van der Waals surface area contributed by atoms with Crippen molar-refractivity contribution in [3.63, 3.8) is 0 Å². The van der Waals surface area contributed by atoms with Gasteiger partial charge in [0.05, 0.1) is 6.33 Å². The first kappa shape index (κ1) is 11.3. The first-order valence-electron chi connectivity index (χ1n) is 5.38. The Hall–Kier alpha value is -2.18. The molecule has 1 aromatic heterocycles. The summed E-state index contributed by atoms with van der Waals surface area (Å²) in [7, 11) is 0. The summed E-state index contributed by atoms with van der Waals surface area (Å²) in [6.07, 6.45) is 7.26. The molecule has 7 nitrogen and oxygen atoms in total. The van der Waals surface area contributed by atoms with Crippen LogP contribution in [-0.2, 0) is 16.1 Å². The van der Waals surface area contributed by atoms with Gasteiger partial charge >= 0.3 is 11.8 Å². The van der Waals surface area contributed by atoms with Gasteiger partial charge in [-0.05, 0) is 12.8 Å². The van der Waals surface area contributed by atoms with Crippen molar-refractivity contribution in [1.82, 2.24) is 20.2 Å². The summed E-state index contributed by atoms with van der Waals surface area (Å²) in [6.45, 7) is 1.47. The molecule has 0 unspecified atom stereocenters. The van der Waals surface area contributed by atoms with E-state index in [1.807, 2.05) is 10.8 Å². The maximum atomic E-state index is 10.8. The average Bonchev–Trinajstić information content (AvgIpc) is 2.90. The highest BCUT2D eigenvalue weighted by Gasteiger charge is 2.24. The van der Waals surface area contributed by atoms with Gasteiger partial charge in [0.25, 0.3) is 0 Å². The zero-order valence-electron chi connectivity index (χ0n) is 9.22. The number of unbranched alkanes of at least 4 members (excludes halogenated alkanes) is 1. The Kier molecular flexibility index (Phi) is 3.49. The summed E-state index contributed by atoms with van der Waals surface area (Å²) in [5, 5.41) is 4.69. The van der Waals surface area contributed by atoms with E-state index in [9.17, 15) is 9.59 Å². The van der Waals surface area contributed by atoms with E-state index in [2.05, 4.69) is 20.6 Å². The number of rotatable bonds is 5. The number of hydrogen-bond donors (Lipinski definition) is 2. The van der Waals surface area contributed by atoms with Crippen molar-refractivity contribution in [1.29, 1.82) is 0 Å². The molecule has 1 aliphatic rings. The molecule has 1 fully saturated rings. The van der Waals surface area contributed by atoms with E-state index >= 15 is 0 Å². The lowest BCUT2D eigenvalue weighted by Crippen LogP contribution is -2.25. The zero-order chi connectivity index (χ0) is 12.1. The fourth-order valence-electron chi connectivity index (χ4n) is 1.45. The van der Waals surface area contributed by atoms with Crippen LogP contribution in [0.25, 0.3) is 0 Å². The third-order valence-electron chi connectivity index (χ3n) is 2.32. The average molecular weight is 235 g/mol. The molecule has 0 bridgehead atoms. The molecule has 0 aliphatic carbocycles. The van der Waals surface area contributed by atoms with Gasteiger partial charge in [-0.25, -0.2) is 4.98 Å². The molecule has 0 radical (unpaired) electrons. The van der Waals surface area contributed by atoms with Crippen LogP contribution in [0.4, 0.5) is 0 Å². The Balaban J connectivity index is 1.65. The van der Waals surface area contributed by atoms with E-state index in [0.717, 1.165) is 19.4 Å². The molecule has 7 heteroatoms. The summed E-state index contributed by atoms with van der Waals surface area (Å²) in [4.78, 5) is 29.6. The van der Waals surface area contributed by atoms with Gasteiger partial charge in [0.1, 0.15) is 0 Å². The fraction of sp³-hybridized carbons (Fsp3) is 0.400. The van der Waals surface area contributed by atoms with Crippen LogP contribution in [0, 0.1) is 0 Å². The number of nitrogens with zero attached hydrogens (tertiary/aromatic N) is 3. The van der Waals surface area contributed by atoms with Crippen LogP contribution in [0.1, 0.15) is 12.8 Å². The number of guanidine groups is 1. The normalized spacial score (nSPS) is 14.7. The molecule has 17 heavy (non-hydrogen) atoms. The van der Waals surface area contributed by atoms with Crippen molar-refractivity contribution >= 4 is 17.8 Å². The molecule has 0 atom stereocenters. The quantitative estimate of drug-likeness (QED) is 0.520. The van der Waals surface area contributed by atoms with Gasteiger partial charge < -0.3 is 4.57 Å². The number of carbonyl (C=O) groups is 2. The van der Waals surface area contributed by atoms with Crippen molar-refractivity contribution < 1.29 is 9.59 Å². The Labute approximate surface area is 97.9 Å². The van der Waals surface area contributed by atoms with Crippen LogP contribution in [-0.4, -0.2) is 33.9 Å². The molecule has 2 heterocycles. The molecule has 0 saturated carbocycles. The predicted molar refractivity (Wildman–Crippen MR) is 60.0 cm³/mol. The summed E-state index contributed by atoms with van der Waals surface area (Å²) in [6, 6.07) is 0. The molecular formula is C10H13N5O2. The van der Waals surface area contributed by atoms with Crippen LogP contribution in [0.5, 0.6) is 0 Å². The number of imidazole rings is 1. The van der Waals surface area contributed by atoms with E-state index < -0.39 is 11.8 Å². The van der Waals surface area contributed by atoms with E-state index in [1.165, 1.54) is 0 Å².